The van der Waals surface area contributed by atoms with E-state index in [-0.39, 0.29) is 18.7 Å². The van der Waals surface area contributed by atoms with Crippen LogP contribution in [0, 0.1) is 0 Å². The van der Waals surface area contributed by atoms with Gasteiger partial charge in [0.25, 0.3) is 0 Å². The lowest BCUT2D eigenvalue weighted by molar-refractivity contribution is -0.137. The van der Waals surface area contributed by atoms with Gasteiger partial charge in [-0.3, -0.25) is 4.79 Å². The van der Waals surface area contributed by atoms with Gasteiger partial charge in [-0.25, -0.2) is 4.98 Å². The SMILES string of the molecule is [N-]=[N+]=NC(CCC(=O)O)c1nc2ccccc2o1. The van der Waals surface area contributed by atoms with Crippen molar-refractivity contribution >= 4 is 17.1 Å². The van der Waals surface area contributed by atoms with E-state index in [2.05, 4.69) is 15.0 Å². The Bertz CT molecular complexity index is 583. The second-order valence-corrected chi connectivity index (χ2v) is 3.67. The Morgan fingerprint density at radius 3 is 3.00 bits per heavy atom. The molecule has 0 amide bonds. The highest BCUT2D eigenvalue weighted by Gasteiger charge is 2.17. The molecule has 0 aliphatic rings. The van der Waals surface area contributed by atoms with E-state index in [1.807, 2.05) is 6.07 Å². The van der Waals surface area contributed by atoms with Gasteiger partial charge in [-0.1, -0.05) is 17.2 Å². The third kappa shape index (κ3) is 2.58. The molecule has 1 heterocycles. The molecule has 1 N–H and O–H groups in total. The predicted molar refractivity (Wildman–Crippen MR) is 62.8 cm³/mol. The van der Waals surface area contributed by atoms with Crippen LogP contribution in [-0.4, -0.2) is 16.1 Å². The molecule has 0 aliphatic heterocycles. The highest BCUT2D eigenvalue weighted by Crippen LogP contribution is 2.26. The number of carboxylic acids is 1. The van der Waals surface area contributed by atoms with Gasteiger partial charge in [0.05, 0.1) is 0 Å². The first-order valence-corrected chi connectivity index (χ1v) is 5.32. The molecular formula is C11H10N4O3. The second kappa shape index (κ2) is 5.20. The van der Waals surface area contributed by atoms with Crippen LogP contribution < -0.4 is 0 Å². The van der Waals surface area contributed by atoms with Crippen LogP contribution in [0.2, 0.25) is 0 Å². The molecule has 18 heavy (non-hydrogen) atoms. The van der Waals surface area contributed by atoms with Crippen molar-refractivity contribution in [2.75, 3.05) is 0 Å². The Morgan fingerprint density at radius 2 is 2.33 bits per heavy atom. The first-order chi connectivity index (χ1) is 8.70. The molecule has 0 saturated heterocycles. The molecule has 1 aromatic heterocycles. The number of carbonyl (C=O) groups is 1. The largest absolute Gasteiger partial charge is 0.481 e. The van der Waals surface area contributed by atoms with Crippen molar-refractivity contribution in [2.45, 2.75) is 18.9 Å². The normalized spacial score (nSPS) is 12.0. The summed E-state index contributed by atoms with van der Waals surface area (Å²) < 4.78 is 5.45. The molecule has 2 rings (SSSR count). The highest BCUT2D eigenvalue weighted by atomic mass is 16.4. The molecule has 0 saturated carbocycles. The van der Waals surface area contributed by atoms with Gasteiger partial charge in [0.1, 0.15) is 11.6 Å². The maximum atomic E-state index is 10.5. The molecule has 2 aromatic rings. The fourth-order valence-electron chi connectivity index (χ4n) is 1.59. The zero-order chi connectivity index (χ0) is 13.0. The fourth-order valence-corrected chi connectivity index (χ4v) is 1.59. The minimum Gasteiger partial charge on any atom is -0.481 e. The fraction of sp³-hybridized carbons (Fsp3) is 0.273. The number of nitrogens with zero attached hydrogens (tertiary/aromatic N) is 4. The van der Waals surface area contributed by atoms with Gasteiger partial charge in [-0.15, -0.1) is 0 Å². The summed E-state index contributed by atoms with van der Waals surface area (Å²) in [6, 6.07) is 6.44. The number of fused-ring (bicyclic) bond motifs is 1. The Kier molecular flexibility index (Phi) is 3.45. The Morgan fingerprint density at radius 1 is 1.56 bits per heavy atom. The van der Waals surface area contributed by atoms with Gasteiger partial charge in [-0.2, -0.15) is 0 Å². The van der Waals surface area contributed by atoms with Crippen LogP contribution in [0.15, 0.2) is 33.8 Å². The van der Waals surface area contributed by atoms with Gasteiger partial charge in [0, 0.05) is 11.3 Å². The second-order valence-electron chi connectivity index (χ2n) is 3.67. The zero-order valence-corrected chi connectivity index (χ0v) is 9.35. The molecule has 0 radical (unpaired) electrons. The van der Waals surface area contributed by atoms with Crippen molar-refractivity contribution in [2.24, 2.45) is 5.11 Å². The molecule has 0 aliphatic carbocycles. The van der Waals surface area contributed by atoms with Crippen LogP contribution in [0.25, 0.3) is 21.5 Å². The molecule has 7 nitrogen and oxygen atoms in total. The van der Waals surface area contributed by atoms with Gasteiger partial charge < -0.3 is 9.52 Å². The molecule has 0 spiro atoms. The summed E-state index contributed by atoms with van der Waals surface area (Å²) in [5, 5.41) is 12.2. The minimum atomic E-state index is -0.954. The number of carboxylic acid groups (broad SMARTS) is 1. The number of rotatable bonds is 5. The van der Waals surface area contributed by atoms with E-state index in [4.69, 9.17) is 15.1 Å². The molecule has 1 aromatic carbocycles. The van der Waals surface area contributed by atoms with E-state index in [1.165, 1.54) is 0 Å². The number of benzene rings is 1. The van der Waals surface area contributed by atoms with Crippen LogP contribution in [0.1, 0.15) is 24.8 Å². The third-order valence-electron chi connectivity index (χ3n) is 2.42. The predicted octanol–water partition coefficient (Wildman–Crippen LogP) is 3.04. The average molecular weight is 246 g/mol. The number of azide groups is 1. The van der Waals surface area contributed by atoms with Crippen LogP contribution in [-0.2, 0) is 4.79 Å². The van der Waals surface area contributed by atoms with Crippen molar-refractivity contribution < 1.29 is 14.3 Å². The topological polar surface area (TPSA) is 112 Å². The summed E-state index contributed by atoms with van der Waals surface area (Å²) in [6.45, 7) is 0. The lowest BCUT2D eigenvalue weighted by Crippen LogP contribution is -2.01. The lowest BCUT2D eigenvalue weighted by Gasteiger charge is -2.03. The molecule has 0 bridgehead atoms. The number of aromatic nitrogens is 1. The number of oxazole rings is 1. The number of hydrogen-bond acceptors (Lipinski definition) is 4. The number of para-hydroxylation sites is 2. The van der Waals surface area contributed by atoms with E-state index in [0.717, 1.165) is 0 Å². The number of aliphatic carboxylic acids is 1. The van der Waals surface area contributed by atoms with E-state index < -0.39 is 12.0 Å². The summed E-state index contributed by atoms with van der Waals surface area (Å²) >= 11 is 0. The van der Waals surface area contributed by atoms with E-state index in [0.29, 0.717) is 11.1 Å². The van der Waals surface area contributed by atoms with Crippen LogP contribution in [0.3, 0.4) is 0 Å². The van der Waals surface area contributed by atoms with Gasteiger partial charge in [0.15, 0.2) is 5.58 Å². The minimum absolute atomic E-state index is 0.109. The van der Waals surface area contributed by atoms with Crippen molar-refractivity contribution in [3.63, 3.8) is 0 Å². The maximum absolute atomic E-state index is 10.5. The van der Waals surface area contributed by atoms with Gasteiger partial charge >= 0.3 is 5.97 Å². The van der Waals surface area contributed by atoms with Crippen molar-refractivity contribution in [3.05, 3.63) is 40.6 Å². The van der Waals surface area contributed by atoms with Gasteiger partial charge in [-0.05, 0) is 24.1 Å². The Hall–Kier alpha value is -2.53. The average Bonchev–Trinajstić information content (AvgIpc) is 2.77. The van der Waals surface area contributed by atoms with Crippen molar-refractivity contribution in [1.29, 1.82) is 0 Å². The van der Waals surface area contributed by atoms with Crippen LogP contribution in [0.5, 0.6) is 0 Å². The van der Waals surface area contributed by atoms with E-state index >= 15 is 0 Å². The van der Waals surface area contributed by atoms with E-state index in [9.17, 15) is 4.79 Å². The zero-order valence-electron chi connectivity index (χ0n) is 9.35. The summed E-state index contributed by atoms with van der Waals surface area (Å²) in [4.78, 5) is 17.4. The highest BCUT2D eigenvalue weighted by molar-refractivity contribution is 5.72. The van der Waals surface area contributed by atoms with Crippen LogP contribution >= 0.6 is 0 Å². The standard InChI is InChI=1S/C11H10N4O3/c12-15-14-8(5-6-10(16)17)11-13-7-3-1-2-4-9(7)18-11/h1-4,8H,5-6H2,(H,16,17). The summed E-state index contributed by atoms with van der Waals surface area (Å²) in [5.74, 6) is -0.709. The summed E-state index contributed by atoms with van der Waals surface area (Å²) in [5.41, 5.74) is 9.72. The Labute approximate surface area is 102 Å². The van der Waals surface area contributed by atoms with Crippen molar-refractivity contribution in [1.82, 2.24) is 4.98 Å². The Balaban J connectivity index is 2.29. The summed E-state index contributed by atoms with van der Waals surface area (Å²) in [6.07, 6.45) is 0.0502. The lowest BCUT2D eigenvalue weighted by atomic mass is 10.2. The third-order valence-corrected chi connectivity index (χ3v) is 2.42. The monoisotopic (exact) mass is 246 g/mol. The summed E-state index contributed by atoms with van der Waals surface area (Å²) in [7, 11) is 0. The van der Waals surface area contributed by atoms with Crippen LogP contribution in [0.4, 0.5) is 0 Å². The maximum Gasteiger partial charge on any atom is 0.303 e. The molecular weight excluding hydrogens is 236 g/mol. The number of hydrogen-bond donors (Lipinski definition) is 1. The molecule has 7 heteroatoms. The molecule has 1 atom stereocenters. The quantitative estimate of drug-likeness (QED) is 0.496. The first-order valence-electron chi connectivity index (χ1n) is 5.32. The van der Waals surface area contributed by atoms with E-state index in [1.54, 1.807) is 18.2 Å². The molecule has 92 valence electrons. The smallest absolute Gasteiger partial charge is 0.303 e. The first kappa shape index (κ1) is 11.9. The van der Waals surface area contributed by atoms with Crippen molar-refractivity contribution in [3.8, 4) is 0 Å². The molecule has 1 unspecified atom stereocenters. The van der Waals surface area contributed by atoms with Gasteiger partial charge in [0.2, 0.25) is 5.89 Å². The molecule has 0 fully saturated rings.